The average molecular weight is 422 g/mol. The molecule has 0 radical (unpaired) electrons. The van der Waals surface area contributed by atoms with E-state index in [4.69, 9.17) is 9.47 Å². The molecule has 4 rings (SSSR count). The van der Waals surface area contributed by atoms with E-state index >= 15 is 0 Å². The van der Waals surface area contributed by atoms with Crippen LogP contribution in [-0.2, 0) is 4.79 Å². The second-order valence-electron chi connectivity index (χ2n) is 8.56. The van der Waals surface area contributed by atoms with Crippen molar-refractivity contribution in [2.24, 2.45) is 5.92 Å². The van der Waals surface area contributed by atoms with Crippen LogP contribution in [0, 0.1) is 5.92 Å². The van der Waals surface area contributed by atoms with E-state index in [1.54, 1.807) is 20.3 Å². The molecule has 1 N–H and O–H groups in total. The van der Waals surface area contributed by atoms with Crippen LogP contribution in [-0.4, -0.2) is 42.3 Å². The minimum atomic E-state index is -0.695. The topological polar surface area (TPSA) is 59.0 Å². The van der Waals surface area contributed by atoms with E-state index in [9.17, 15) is 9.90 Å². The molecular weight excluding hydrogens is 390 g/mol. The van der Waals surface area contributed by atoms with Gasteiger partial charge in [0.1, 0.15) is 11.5 Å². The molecular formula is C26H31NO4. The van der Waals surface area contributed by atoms with Crippen molar-refractivity contribution in [2.75, 3.05) is 20.8 Å². The van der Waals surface area contributed by atoms with Gasteiger partial charge in [-0.1, -0.05) is 37.1 Å². The quantitative estimate of drug-likeness (QED) is 0.716. The molecule has 1 aliphatic heterocycles. The summed E-state index contributed by atoms with van der Waals surface area (Å²) < 4.78 is 10.5. The Kier molecular flexibility index (Phi) is 6.33. The Bertz CT molecular complexity index is 921. The Hall–Kier alpha value is -2.79. The number of piperidine rings is 1. The van der Waals surface area contributed by atoms with E-state index in [1.807, 2.05) is 59.5 Å². The molecule has 0 bridgehead atoms. The fourth-order valence-electron chi connectivity index (χ4n) is 5.12. The molecule has 2 unspecified atom stereocenters. The molecule has 164 valence electrons. The van der Waals surface area contributed by atoms with E-state index in [0.717, 1.165) is 48.3 Å². The van der Waals surface area contributed by atoms with Gasteiger partial charge in [-0.2, -0.15) is 0 Å². The smallest absolute Gasteiger partial charge is 0.247 e. The van der Waals surface area contributed by atoms with Crippen LogP contribution in [0.15, 0.2) is 54.6 Å². The largest absolute Gasteiger partial charge is 0.497 e. The van der Waals surface area contributed by atoms with Crippen LogP contribution in [0.4, 0.5) is 0 Å². The number of nitrogens with zero attached hydrogens (tertiary/aromatic N) is 1. The summed E-state index contributed by atoms with van der Waals surface area (Å²) >= 11 is 0. The summed E-state index contributed by atoms with van der Waals surface area (Å²) in [4.78, 5) is 15.2. The second-order valence-corrected chi connectivity index (χ2v) is 8.56. The number of carbonyl (C=O) groups is 1. The SMILES string of the molecule is COc1ccc(C=CC(=O)N2CCC3(O)CCCCC3[C@@H]2c2ccc(OC)cc2)cc1. The lowest BCUT2D eigenvalue weighted by Gasteiger charge is -2.52. The third-order valence-electron chi connectivity index (χ3n) is 6.84. The molecule has 3 atom stereocenters. The maximum atomic E-state index is 13.3. The summed E-state index contributed by atoms with van der Waals surface area (Å²) in [6.45, 7) is 0.551. The predicted octanol–water partition coefficient (Wildman–Crippen LogP) is 4.61. The number of benzene rings is 2. The highest BCUT2D eigenvalue weighted by molar-refractivity contribution is 5.92. The van der Waals surface area contributed by atoms with Gasteiger partial charge in [0.2, 0.25) is 5.91 Å². The summed E-state index contributed by atoms with van der Waals surface area (Å²) in [5.41, 5.74) is 1.30. The highest BCUT2D eigenvalue weighted by Gasteiger charge is 2.49. The average Bonchev–Trinajstić information content (AvgIpc) is 2.82. The lowest BCUT2D eigenvalue weighted by molar-refractivity contribution is -0.150. The number of carbonyl (C=O) groups excluding carboxylic acids is 1. The van der Waals surface area contributed by atoms with Crippen LogP contribution < -0.4 is 9.47 Å². The number of amides is 1. The van der Waals surface area contributed by atoms with Crippen LogP contribution in [0.25, 0.3) is 6.08 Å². The van der Waals surface area contributed by atoms with Crippen LogP contribution in [0.2, 0.25) is 0 Å². The molecule has 1 saturated heterocycles. The summed E-state index contributed by atoms with van der Waals surface area (Å²) in [5, 5.41) is 11.4. The molecule has 2 aromatic carbocycles. The third kappa shape index (κ3) is 4.47. The zero-order valence-corrected chi connectivity index (χ0v) is 18.3. The number of rotatable bonds is 5. The van der Waals surface area contributed by atoms with Gasteiger partial charge in [-0.15, -0.1) is 0 Å². The number of aliphatic hydroxyl groups is 1. The molecule has 1 amide bonds. The first-order valence-electron chi connectivity index (χ1n) is 11.0. The van der Waals surface area contributed by atoms with Gasteiger partial charge in [0, 0.05) is 18.5 Å². The summed E-state index contributed by atoms with van der Waals surface area (Å²) in [7, 11) is 3.28. The number of ether oxygens (including phenoxy) is 2. The molecule has 2 fully saturated rings. The number of fused-ring (bicyclic) bond motifs is 1. The Balaban J connectivity index is 1.61. The first-order chi connectivity index (χ1) is 15.0. The Morgan fingerprint density at radius 2 is 1.65 bits per heavy atom. The Morgan fingerprint density at radius 1 is 1.00 bits per heavy atom. The molecule has 5 nitrogen and oxygen atoms in total. The van der Waals surface area contributed by atoms with Crippen molar-refractivity contribution < 1.29 is 19.4 Å². The molecule has 5 heteroatoms. The van der Waals surface area contributed by atoms with Crippen LogP contribution in [0.5, 0.6) is 11.5 Å². The summed E-state index contributed by atoms with van der Waals surface area (Å²) in [6, 6.07) is 15.4. The van der Waals surface area contributed by atoms with Crippen LogP contribution in [0.3, 0.4) is 0 Å². The second kappa shape index (κ2) is 9.15. The summed E-state index contributed by atoms with van der Waals surface area (Å²) in [6.07, 6.45) is 8.00. The van der Waals surface area contributed by atoms with Crippen LogP contribution >= 0.6 is 0 Å². The van der Waals surface area contributed by atoms with Crippen molar-refractivity contribution in [3.05, 3.63) is 65.7 Å². The summed E-state index contributed by atoms with van der Waals surface area (Å²) in [5.74, 6) is 1.59. The molecule has 2 aromatic rings. The Labute approximate surface area is 184 Å². The minimum Gasteiger partial charge on any atom is -0.497 e. The number of hydrogen-bond donors (Lipinski definition) is 1. The highest BCUT2D eigenvalue weighted by atomic mass is 16.5. The monoisotopic (exact) mass is 421 g/mol. The maximum absolute atomic E-state index is 13.3. The zero-order chi connectivity index (χ0) is 21.8. The fourth-order valence-corrected chi connectivity index (χ4v) is 5.12. The first kappa shape index (κ1) is 21.4. The van der Waals surface area contributed by atoms with Gasteiger partial charge in [-0.25, -0.2) is 0 Å². The van der Waals surface area contributed by atoms with Gasteiger partial charge in [-0.3, -0.25) is 4.79 Å². The number of methoxy groups -OCH3 is 2. The van der Waals surface area contributed by atoms with E-state index in [2.05, 4.69) is 0 Å². The number of hydrogen-bond acceptors (Lipinski definition) is 4. The van der Waals surface area contributed by atoms with E-state index in [1.165, 1.54) is 0 Å². The van der Waals surface area contributed by atoms with Crippen LogP contribution in [0.1, 0.15) is 49.3 Å². The molecule has 0 aromatic heterocycles. The van der Waals surface area contributed by atoms with E-state index < -0.39 is 5.60 Å². The van der Waals surface area contributed by atoms with Crippen molar-refractivity contribution in [1.29, 1.82) is 0 Å². The normalized spacial score (nSPS) is 25.8. The van der Waals surface area contributed by atoms with Gasteiger partial charge in [0.15, 0.2) is 0 Å². The van der Waals surface area contributed by atoms with Crippen molar-refractivity contribution >= 4 is 12.0 Å². The van der Waals surface area contributed by atoms with Gasteiger partial charge >= 0.3 is 0 Å². The van der Waals surface area contributed by atoms with Gasteiger partial charge in [-0.05, 0) is 60.7 Å². The Morgan fingerprint density at radius 3 is 2.29 bits per heavy atom. The minimum absolute atomic E-state index is 0.0238. The zero-order valence-electron chi connectivity index (χ0n) is 18.3. The molecule has 2 aliphatic rings. The lowest BCUT2D eigenvalue weighted by Crippen LogP contribution is -2.56. The van der Waals surface area contributed by atoms with Crippen molar-refractivity contribution in [1.82, 2.24) is 4.90 Å². The maximum Gasteiger partial charge on any atom is 0.247 e. The van der Waals surface area contributed by atoms with E-state index in [0.29, 0.717) is 13.0 Å². The standard InChI is InChI=1S/C26H31NO4/c1-30-21-11-6-19(7-12-21)8-15-24(28)27-18-17-26(29)16-4-3-5-23(26)25(27)20-9-13-22(31-2)14-10-20/h6-15,23,25,29H,3-5,16-18H2,1-2H3/t23?,25-,26?/m0/s1. The molecule has 1 heterocycles. The van der Waals surface area contributed by atoms with Crippen molar-refractivity contribution in [3.8, 4) is 11.5 Å². The molecule has 1 aliphatic carbocycles. The number of likely N-dealkylation sites (tertiary alicyclic amines) is 1. The predicted molar refractivity (Wildman–Crippen MR) is 121 cm³/mol. The van der Waals surface area contributed by atoms with Gasteiger partial charge in [0.25, 0.3) is 0 Å². The van der Waals surface area contributed by atoms with Crippen molar-refractivity contribution in [2.45, 2.75) is 43.7 Å². The van der Waals surface area contributed by atoms with Gasteiger partial charge < -0.3 is 19.5 Å². The first-order valence-corrected chi connectivity index (χ1v) is 11.0. The molecule has 31 heavy (non-hydrogen) atoms. The van der Waals surface area contributed by atoms with Gasteiger partial charge in [0.05, 0.1) is 25.9 Å². The lowest BCUT2D eigenvalue weighted by atomic mass is 9.66. The van der Waals surface area contributed by atoms with E-state index in [-0.39, 0.29) is 17.9 Å². The third-order valence-corrected chi connectivity index (χ3v) is 6.84. The fraction of sp³-hybridized carbons (Fsp3) is 0.423. The molecule has 1 saturated carbocycles. The molecule has 0 spiro atoms. The van der Waals surface area contributed by atoms with Crippen molar-refractivity contribution in [3.63, 3.8) is 0 Å². The highest BCUT2D eigenvalue weighted by Crippen LogP contribution is 2.49.